The van der Waals surface area contributed by atoms with Crippen LogP contribution in [0.3, 0.4) is 0 Å². The first-order valence-electron chi connectivity index (χ1n) is 4.41. The number of hydrogen-bond donors (Lipinski definition) is 0. The molecule has 0 saturated carbocycles. The van der Waals surface area contributed by atoms with Gasteiger partial charge in [0.2, 0.25) is 0 Å². The van der Waals surface area contributed by atoms with Gasteiger partial charge in [-0.1, -0.05) is 25.6 Å². The zero-order valence-electron chi connectivity index (χ0n) is 8.13. The summed E-state index contributed by atoms with van der Waals surface area (Å²) in [5.41, 5.74) is 0.462. The zero-order valence-corrected chi connectivity index (χ0v) is 9.70. The fourth-order valence-corrected chi connectivity index (χ4v) is 1.90. The molecule has 1 rings (SSSR count). The van der Waals surface area contributed by atoms with Gasteiger partial charge in [0.15, 0.2) is 5.82 Å². The van der Waals surface area contributed by atoms with E-state index in [1.54, 1.807) is 0 Å². The third kappa shape index (κ3) is 2.82. The van der Waals surface area contributed by atoms with Gasteiger partial charge < -0.3 is 0 Å². The number of nitrogens with zero attached hydrogens (tertiary/aromatic N) is 2. The summed E-state index contributed by atoms with van der Waals surface area (Å²) in [4.78, 5) is 7.75. The summed E-state index contributed by atoms with van der Waals surface area (Å²) in [7, 11) is 0. The second-order valence-corrected chi connectivity index (χ2v) is 4.61. The van der Waals surface area contributed by atoms with Crippen molar-refractivity contribution >= 4 is 23.4 Å². The minimum absolute atomic E-state index is 0.158. The van der Waals surface area contributed by atoms with Gasteiger partial charge in [-0.3, -0.25) is 0 Å². The third-order valence-corrected chi connectivity index (χ3v) is 3.42. The van der Waals surface area contributed by atoms with Crippen LogP contribution in [0.1, 0.15) is 19.5 Å². The quantitative estimate of drug-likeness (QED) is 0.455. The predicted molar refractivity (Wildman–Crippen MR) is 57.4 cm³/mol. The Labute approximate surface area is 92.3 Å². The molecule has 14 heavy (non-hydrogen) atoms. The number of rotatable bonds is 4. The first-order chi connectivity index (χ1) is 6.69. The summed E-state index contributed by atoms with van der Waals surface area (Å²) in [6.07, 6.45) is 1.97. The number of aromatic nitrogens is 2. The molecule has 1 atom stereocenters. The third-order valence-electron chi connectivity index (χ3n) is 1.69. The summed E-state index contributed by atoms with van der Waals surface area (Å²) in [6.45, 7) is 3.80. The van der Waals surface area contributed by atoms with Crippen molar-refractivity contribution in [2.45, 2.75) is 30.5 Å². The van der Waals surface area contributed by atoms with Crippen molar-refractivity contribution in [3.63, 3.8) is 0 Å². The monoisotopic (exact) mass is 234 g/mol. The molecule has 5 heteroatoms. The molecule has 0 aliphatic heterocycles. The highest BCUT2D eigenvalue weighted by molar-refractivity contribution is 7.99. The Bertz CT molecular complexity index is 309. The van der Waals surface area contributed by atoms with Gasteiger partial charge in [-0.2, -0.15) is 0 Å². The SMILES string of the molecule is CCc1ncnc(SC(C)CCl)c1F. The van der Waals surface area contributed by atoms with Crippen LogP contribution in [0.25, 0.3) is 0 Å². The first-order valence-corrected chi connectivity index (χ1v) is 5.82. The van der Waals surface area contributed by atoms with Crippen LogP contribution in [-0.2, 0) is 6.42 Å². The summed E-state index contributed by atoms with van der Waals surface area (Å²) in [6, 6.07) is 0. The van der Waals surface area contributed by atoms with Crippen molar-refractivity contribution in [2.24, 2.45) is 0 Å². The lowest BCUT2D eigenvalue weighted by Crippen LogP contribution is -2.03. The van der Waals surface area contributed by atoms with E-state index in [0.29, 0.717) is 23.0 Å². The minimum atomic E-state index is -0.308. The van der Waals surface area contributed by atoms with Crippen molar-refractivity contribution in [3.8, 4) is 0 Å². The number of alkyl halides is 1. The molecule has 0 N–H and O–H groups in total. The molecule has 1 unspecified atom stereocenters. The molecule has 1 heterocycles. The maximum absolute atomic E-state index is 13.6. The van der Waals surface area contributed by atoms with Gasteiger partial charge in [0.25, 0.3) is 0 Å². The van der Waals surface area contributed by atoms with Crippen LogP contribution in [-0.4, -0.2) is 21.1 Å². The van der Waals surface area contributed by atoms with Gasteiger partial charge in [-0.15, -0.1) is 11.6 Å². The van der Waals surface area contributed by atoms with Crippen LogP contribution in [0.2, 0.25) is 0 Å². The molecule has 78 valence electrons. The van der Waals surface area contributed by atoms with Gasteiger partial charge in [-0.05, 0) is 6.42 Å². The average molecular weight is 235 g/mol. The van der Waals surface area contributed by atoms with Gasteiger partial charge in [0.1, 0.15) is 11.4 Å². The zero-order chi connectivity index (χ0) is 10.6. The molecule has 0 amide bonds. The molecule has 0 spiro atoms. The number of thioether (sulfide) groups is 1. The molecular formula is C9H12ClFN2S. The normalized spacial score (nSPS) is 12.9. The van der Waals surface area contributed by atoms with E-state index in [-0.39, 0.29) is 11.1 Å². The van der Waals surface area contributed by atoms with Crippen molar-refractivity contribution in [1.82, 2.24) is 9.97 Å². The molecule has 0 radical (unpaired) electrons. The number of aryl methyl sites for hydroxylation is 1. The van der Waals surface area contributed by atoms with Crippen LogP contribution in [0, 0.1) is 5.82 Å². The summed E-state index contributed by atoms with van der Waals surface area (Å²) < 4.78 is 13.6. The Hall–Kier alpha value is -0.350. The minimum Gasteiger partial charge on any atom is -0.238 e. The Morgan fingerprint density at radius 1 is 1.57 bits per heavy atom. The molecule has 0 aliphatic carbocycles. The summed E-state index contributed by atoms with van der Waals surface area (Å²) in [5, 5.41) is 0.552. The van der Waals surface area contributed by atoms with Crippen LogP contribution < -0.4 is 0 Å². The molecule has 0 aromatic carbocycles. The molecule has 1 aromatic rings. The lowest BCUT2D eigenvalue weighted by atomic mass is 10.3. The van der Waals surface area contributed by atoms with E-state index in [1.807, 2.05) is 13.8 Å². The topological polar surface area (TPSA) is 25.8 Å². The predicted octanol–water partition coefficient (Wildman–Crippen LogP) is 2.90. The molecule has 0 aliphatic rings. The van der Waals surface area contributed by atoms with Gasteiger partial charge >= 0.3 is 0 Å². The fraction of sp³-hybridized carbons (Fsp3) is 0.556. The van der Waals surface area contributed by atoms with E-state index < -0.39 is 0 Å². The average Bonchev–Trinajstić information content (AvgIpc) is 2.21. The van der Waals surface area contributed by atoms with Crippen molar-refractivity contribution in [2.75, 3.05) is 5.88 Å². The number of halogens is 2. The lowest BCUT2D eigenvalue weighted by molar-refractivity contribution is 0.559. The standard InChI is InChI=1S/C9H12ClFN2S/c1-3-7-8(11)9(13-5-12-7)14-6(2)4-10/h5-6H,3-4H2,1-2H3. The molecule has 1 aromatic heterocycles. The maximum atomic E-state index is 13.6. The number of hydrogen-bond acceptors (Lipinski definition) is 3. The summed E-state index contributed by atoms with van der Waals surface area (Å²) in [5.74, 6) is 0.173. The van der Waals surface area contributed by atoms with E-state index in [0.717, 1.165) is 0 Å². The van der Waals surface area contributed by atoms with Gasteiger partial charge in [0, 0.05) is 11.1 Å². The lowest BCUT2D eigenvalue weighted by Gasteiger charge is -2.08. The van der Waals surface area contributed by atoms with E-state index in [9.17, 15) is 4.39 Å². The Kier molecular flexibility index (Phi) is 4.62. The molecule has 0 fully saturated rings. The Morgan fingerprint density at radius 2 is 2.29 bits per heavy atom. The largest absolute Gasteiger partial charge is 0.238 e. The van der Waals surface area contributed by atoms with Crippen molar-refractivity contribution in [3.05, 3.63) is 17.8 Å². The highest BCUT2D eigenvalue weighted by Crippen LogP contribution is 2.25. The van der Waals surface area contributed by atoms with E-state index in [1.165, 1.54) is 18.1 Å². The second-order valence-electron chi connectivity index (χ2n) is 2.88. The smallest absolute Gasteiger partial charge is 0.176 e. The van der Waals surface area contributed by atoms with E-state index >= 15 is 0 Å². The van der Waals surface area contributed by atoms with Crippen LogP contribution >= 0.6 is 23.4 Å². The van der Waals surface area contributed by atoms with Gasteiger partial charge in [-0.25, -0.2) is 14.4 Å². The molecule has 0 saturated heterocycles. The van der Waals surface area contributed by atoms with Crippen LogP contribution in [0.5, 0.6) is 0 Å². The fourth-order valence-electron chi connectivity index (χ4n) is 0.938. The van der Waals surface area contributed by atoms with E-state index in [2.05, 4.69) is 9.97 Å². The van der Waals surface area contributed by atoms with E-state index in [4.69, 9.17) is 11.6 Å². The Morgan fingerprint density at radius 3 is 2.86 bits per heavy atom. The molecule has 0 bridgehead atoms. The highest BCUT2D eigenvalue weighted by atomic mass is 35.5. The summed E-state index contributed by atoms with van der Waals surface area (Å²) >= 11 is 6.98. The Balaban J connectivity index is 2.86. The van der Waals surface area contributed by atoms with Gasteiger partial charge in [0.05, 0.1) is 5.69 Å². The van der Waals surface area contributed by atoms with Crippen molar-refractivity contribution < 1.29 is 4.39 Å². The highest BCUT2D eigenvalue weighted by Gasteiger charge is 2.12. The molecule has 2 nitrogen and oxygen atoms in total. The first kappa shape index (κ1) is 11.7. The maximum Gasteiger partial charge on any atom is 0.176 e. The van der Waals surface area contributed by atoms with Crippen LogP contribution in [0.4, 0.5) is 4.39 Å². The second kappa shape index (κ2) is 5.51. The van der Waals surface area contributed by atoms with Crippen molar-refractivity contribution in [1.29, 1.82) is 0 Å². The molecular weight excluding hydrogens is 223 g/mol. The van der Waals surface area contributed by atoms with Crippen LogP contribution in [0.15, 0.2) is 11.4 Å².